The van der Waals surface area contributed by atoms with Gasteiger partial charge in [0.25, 0.3) is 0 Å². The molecule has 0 radical (unpaired) electrons. The summed E-state index contributed by atoms with van der Waals surface area (Å²) in [7, 11) is 0. The van der Waals surface area contributed by atoms with Gasteiger partial charge in [0, 0.05) is 38.8 Å². The first-order valence-corrected chi connectivity index (χ1v) is 6.75. The molecule has 4 heteroatoms. The highest BCUT2D eigenvalue weighted by Gasteiger charge is 2.18. The molecule has 1 fully saturated rings. The highest BCUT2D eigenvalue weighted by molar-refractivity contribution is 5.34. The minimum absolute atomic E-state index is 0.137. The zero-order valence-corrected chi connectivity index (χ0v) is 11.6. The van der Waals surface area contributed by atoms with Gasteiger partial charge in [-0.2, -0.15) is 5.26 Å². The zero-order chi connectivity index (χ0) is 13.8. The third kappa shape index (κ3) is 3.52. The average Bonchev–Trinajstić information content (AvgIpc) is 2.41. The van der Waals surface area contributed by atoms with Crippen LogP contribution in [0.1, 0.15) is 25.0 Å². The van der Waals surface area contributed by atoms with Gasteiger partial charge in [0.15, 0.2) is 0 Å². The van der Waals surface area contributed by atoms with Crippen LogP contribution in [-0.2, 0) is 6.54 Å². The first-order chi connectivity index (χ1) is 9.10. The fourth-order valence-electron chi connectivity index (χ4n) is 2.45. The summed E-state index contributed by atoms with van der Waals surface area (Å²) in [5, 5.41) is 8.83. The lowest BCUT2D eigenvalue weighted by molar-refractivity contribution is 0.104. The van der Waals surface area contributed by atoms with Gasteiger partial charge in [0.05, 0.1) is 5.56 Å². The van der Waals surface area contributed by atoms with Gasteiger partial charge in [0.1, 0.15) is 11.9 Å². The molecule has 1 saturated heterocycles. The number of piperazine rings is 1. The van der Waals surface area contributed by atoms with Gasteiger partial charge in [-0.15, -0.1) is 0 Å². The summed E-state index contributed by atoms with van der Waals surface area (Å²) in [6, 6.07) is 7.30. The molecule has 0 N–H and O–H groups in total. The molecule has 0 unspecified atom stereocenters. The topological polar surface area (TPSA) is 30.3 Å². The lowest BCUT2D eigenvalue weighted by Gasteiger charge is -2.36. The maximum absolute atomic E-state index is 13.2. The quantitative estimate of drug-likeness (QED) is 0.836. The fourth-order valence-corrected chi connectivity index (χ4v) is 2.45. The fraction of sp³-hybridized carbons (Fsp3) is 0.533. The minimum Gasteiger partial charge on any atom is -0.298 e. The molecule has 0 atom stereocenters. The van der Waals surface area contributed by atoms with Crippen molar-refractivity contribution < 1.29 is 4.39 Å². The lowest BCUT2D eigenvalue weighted by Crippen LogP contribution is -2.48. The Kier molecular flexibility index (Phi) is 4.52. The Morgan fingerprint density at radius 2 is 1.95 bits per heavy atom. The molecule has 102 valence electrons. The van der Waals surface area contributed by atoms with E-state index in [0.717, 1.165) is 38.3 Å². The highest BCUT2D eigenvalue weighted by atomic mass is 19.1. The van der Waals surface area contributed by atoms with E-state index in [1.807, 2.05) is 6.07 Å². The predicted octanol–water partition coefficient (Wildman–Crippen LogP) is 2.22. The number of nitrogens with zero attached hydrogens (tertiary/aromatic N) is 3. The summed E-state index contributed by atoms with van der Waals surface area (Å²) >= 11 is 0. The number of nitriles is 1. The molecule has 1 heterocycles. The van der Waals surface area contributed by atoms with Crippen LogP contribution in [0, 0.1) is 17.1 Å². The van der Waals surface area contributed by atoms with Crippen LogP contribution in [0.5, 0.6) is 0 Å². The number of halogens is 1. The van der Waals surface area contributed by atoms with Gasteiger partial charge >= 0.3 is 0 Å². The van der Waals surface area contributed by atoms with Crippen LogP contribution in [0.15, 0.2) is 18.2 Å². The summed E-state index contributed by atoms with van der Waals surface area (Å²) in [5.41, 5.74) is 1.15. The van der Waals surface area contributed by atoms with Crippen molar-refractivity contribution in [2.24, 2.45) is 0 Å². The van der Waals surface area contributed by atoms with Crippen molar-refractivity contribution in [3.8, 4) is 6.07 Å². The van der Waals surface area contributed by atoms with Gasteiger partial charge in [-0.3, -0.25) is 9.80 Å². The van der Waals surface area contributed by atoms with E-state index in [0.29, 0.717) is 6.04 Å². The third-order valence-electron chi connectivity index (χ3n) is 3.69. The zero-order valence-electron chi connectivity index (χ0n) is 11.6. The van der Waals surface area contributed by atoms with Gasteiger partial charge in [-0.1, -0.05) is 6.07 Å². The molecular formula is C15H20FN3. The van der Waals surface area contributed by atoms with E-state index >= 15 is 0 Å². The van der Waals surface area contributed by atoms with Crippen LogP contribution in [0.4, 0.5) is 4.39 Å². The Labute approximate surface area is 114 Å². The second-order valence-electron chi connectivity index (χ2n) is 5.33. The predicted molar refractivity (Wildman–Crippen MR) is 73.1 cm³/mol. The Balaban J connectivity index is 1.94. The van der Waals surface area contributed by atoms with E-state index in [9.17, 15) is 4.39 Å². The van der Waals surface area contributed by atoms with Crippen LogP contribution in [0.3, 0.4) is 0 Å². The first kappa shape index (κ1) is 14.0. The van der Waals surface area contributed by atoms with Crippen LogP contribution in [0.25, 0.3) is 0 Å². The third-order valence-corrected chi connectivity index (χ3v) is 3.69. The molecule has 1 aliphatic rings. The Hall–Kier alpha value is -1.44. The van der Waals surface area contributed by atoms with Crippen molar-refractivity contribution >= 4 is 0 Å². The molecule has 0 aromatic heterocycles. The monoisotopic (exact) mass is 261 g/mol. The summed E-state index contributed by atoms with van der Waals surface area (Å²) in [6.07, 6.45) is 0. The second-order valence-corrected chi connectivity index (χ2v) is 5.33. The van der Waals surface area contributed by atoms with E-state index in [1.54, 1.807) is 12.1 Å². The number of benzene rings is 1. The Morgan fingerprint density at radius 3 is 2.53 bits per heavy atom. The van der Waals surface area contributed by atoms with Crippen molar-refractivity contribution in [1.29, 1.82) is 5.26 Å². The smallest absolute Gasteiger partial charge is 0.140 e. The van der Waals surface area contributed by atoms with Crippen LogP contribution in [-0.4, -0.2) is 42.0 Å². The van der Waals surface area contributed by atoms with Crippen LogP contribution < -0.4 is 0 Å². The molecule has 2 rings (SSSR count). The summed E-state index contributed by atoms with van der Waals surface area (Å²) in [6.45, 7) is 9.42. The second kappa shape index (κ2) is 6.14. The van der Waals surface area contributed by atoms with E-state index < -0.39 is 5.82 Å². The molecule has 0 saturated carbocycles. The highest BCUT2D eigenvalue weighted by Crippen LogP contribution is 2.14. The maximum atomic E-state index is 13.2. The summed E-state index contributed by atoms with van der Waals surface area (Å²) in [5.74, 6) is -0.434. The molecule has 0 aliphatic carbocycles. The summed E-state index contributed by atoms with van der Waals surface area (Å²) < 4.78 is 13.2. The largest absolute Gasteiger partial charge is 0.298 e. The van der Waals surface area contributed by atoms with Crippen molar-refractivity contribution in [1.82, 2.24) is 9.80 Å². The molecule has 1 aromatic carbocycles. The van der Waals surface area contributed by atoms with Crippen molar-refractivity contribution in [2.45, 2.75) is 26.4 Å². The van der Waals surface area contributed by atoms with Crippen molar-refractivity contribution in [3.05, 3.63) is 35.1 Å². The van der Waals surface area contributed by atoms with Crippen LogP contribution >= 0.6 is 0 Å². The van der Waals surface area contributed by atoms with Crippen LogP contribution in [0.2, 0.25) is 0 Å². The number of hydrogen-bond acceptors (Lipinski definition) is 3. The standard InChI is InChI=1S/C15H20FN3/c1-12(2)19-7-5-18(6-8-19)11-13-3-4-15(16)14(9-13)10-17/h3-4,9,12H,5-8,11H2,1-2H3. The number of rotatable bonds is 3. The maximum Gasteiger partial charge on any atom is 0.140 e. The average molecular weight is 261 g/mol. The lowest BCUT2D eigenvalue weighted by atomic mass is 10.1. The van der Waals surface area contributed by atoms with E-state index in [4.69, 9.17) is 5.26 Å². The SMILES string of the molecule is CC(C)N1CCN(Cc2ccc(F)c(C#N)c2)CC1. The van der Waals surface area contributed by atoms with E-state index in [2.05, 4.69) is 23.6 Å². The van der Waals surface area contributed by atoms with E-state index in [1.165, 1.54) is 6.07 Å². The Morgan fingerprint density at radius 1 is 1.26 bits per heavy atom. The molecule has 0 amide bonds. The van der Waals surface area contributed by atoms with Gasteiger partial charge in [-0.05, 0) is 31.5 Å². The molecule has 19 heavy (non-hydrogen) atoms. The molecule has 3 nitrogen and oxygen atoms in total. The van der Waals surface area contributed by atoms with Gasteiger partial charge in [0.2, 0.25) is 0 Å². The van der Waals surface area contributed by atoms with E-state index in [-0.39, 0.29) is 5.56 Å². The molecule has 1 aliphatic heterocycles. The molecule has 1 aromatic rings. The summed E-state index contributed by atoms with van der Waals surface area (Å²) in [4.78, 5) is 4.81. The van der Waals surface area contributed by atoms with Crippen molar-refractivity contribution in [3.63, 3.8) is 0 Å². The molecule has 0 spiro atoms. The number of hydrogen-bond donors (Lipinski definition) is 0. The molecular weight excluding hydrogens is 241 g/mol. The van der Waals surface area contributed by atoms with Gasteiger partial charge < -0.3 is 0 Å². The molecule has 0 bridgehead atoms. The van der Waals surface area contributed by atoms with Gasteiger partial charge in [-0.25, -0.2) is 4.39 Å². The minimum atomic E-state index is -0.434. The first-order valence-electron chi connectivity index (χ1n) is 6.75. The Bertz CT molecular complexity index is 471. The van der Waals surface area contributed by atoms with Crippen molar-refractivity contribution in [2.75, 3.05) is 26.2 Å². The normalized spacial score (nSPS) is 17.6.